The third-order valence-electron chi connectivity index (χ3n) is 13.5. The van der Waals surface area contributed by atoms with Crippen molar-refractivity contribution >= 4 is 110 Å². The molecule has 0 aliphatic carbocycles. The molecule has 9 heteroatoms. The molecule has 0 aliphatic heterocycles. The van der Waals surface area contributed by atoms with Crippen LogP contribution < -0.4 is 0 Å². The second-order valence-electron chi connectivity index (χ2n) is 17.9. The normalized spacial score (nSPS) is 11.7. The van der Waals surface area contributed by atoms with Gasteiger partial charge in [0.1, 0.15) is 22.3 Å². The largest absolute Gasteiger partial charge is 0.456 e. The number of furan rings is 2. The summed E-state index contributed by atoms with van der Waals surface area (Å²) in [7, 11) is 7.94. The molecule has 14 aromatic rings. The zero-order valence-corrected chi connectivity index (χ0v) is 43.1. The van der Waals surface area contributed by atoms with E-state index in [1.807, 2.05) is 48.5 Å². The molecule has 0 saturated heterocycles. The fraction of sp³-hybridized carbons (Fsp3) is 0. The maximum absolute atomic E-state index is 6.88. The summed E-state index contributed by atoms with van der Waals surface area (Å²) in [4.78, 5) is 15.5. The number of hydrogen-bond donors (Lipinski definition) is 0. The monoisotopic (exact) mass is 997 g/mol. The third-order valence-corrected chi connectivity index (χ3v) is 13.5. The summed E-state index contributed by atoms with van der Waals surface area (Å²) in [6.07, 6.45) is 0. The minimum Gasteiger partial charge on any atom is -0.456 e. The molecule has 0 spiro atoms. The van der Waals surface area contributed by atoms with Crippen molar-refractivity contribution in [1.82, 2.24) is 15.0 Å². The van der Waals surface area contributed by atoms with Crippen LogP contribution in [0.1, 0.15) is 0 Å². The van der Waals surface area contributed by atoms with Crippen LogP contribution in [0, 0.1) is 0 Å². The Morgan fingerprint density at radius 2 is 0.736 bits per heavy atom. The van der Waals surface area contributed by atoms with Gasteiger partial charge in [0.25, 0.3) is 0 Å². The van der Waals surface area contributed by atoms with Crippen molar-refractivity contribution in [2.75, 3.05) is 0 Å². The maximum atomic E-state index is 6.88. The van der Waals surface area contributed by atoms with E-state index in [0.29, 0.717) is 17.5 Å². The molecular weight excluding hydrogens is 955 g/mol. The number of aromatic nitrogens is 3. The standard InChI is InChI=1S/C63H37N3O2.H6P4/c1-3-15-38(16-4-1)40-19-11-20-43(35-40)62-64-61(39-17-5-2-6-18-39)65-63(66-62)52-28-14-29-56-59(52)54-37-41(32-34-55(54)67-56)44-25-13-30-57-58(44)51-27-12-26-45(60(51)68-57)42-31-33-50-48-23-8-7-21-46(48)47-22-9-10-24-49(47)53(50)36-42;1-4(2)3/h1-37H;1-3H2. The molecular formula is C63H43N3O2P4. The Labute approximate surface area is 423 Å². The van der Waals surface area contributed by atoms with Crippen molar-refractivity contribution in [3.8, 4) is 67.5 Å². The van der Waals surface area contributed by atoms with Gasteiger partial charge in [0.2, 0.25) is 0 Å². The van der Waals surface area contributed by atoms with Crippen LogP contribution in [0.25, 0.3) is 144 Å². The summed E-state index contributed by atoms with van der Waals surface area (Å²) in [5.41, 5.74) is 12.5. The molecule has 0 fully saturated rings. The molecule has 3 unspecified atom stereocenters. The van der Waals surface area contributed by atoms with Crippen LogP contribution in [0.5, 0.6) is 0 Å². The number of para-hydroxylation sites is 1. The van der Waals surface area contributed by atoms with Crippen molar-refractivity contribution in [3.63, 3.8) is 0 Å². The topological polar surface area (TPSA) is 65.0 Å². The Hall–Kier alpha value is -7.47. The predicted molar refractivity (Wildman–Crippen MR) is 316 cm³/mol. The van der Waals surface area contributed by atoms with Gasteiger partial charge < -0.3 is 8.83 Å². The van der Waals surface area contributed by atoms with Crippen molar-refractivity contribution in [1.29, 1.82) is 0 Å². The molecule has 0 amide bonds. The number of nitrogens with zero attached hydrogens (tertiary/aromatic N) is 3. The smallest absolute Gasteiger partial charge is 0.164 e. The highest BCUT2D eigenvalue weighted by atomic mass is 32.7. The Morgan fingerprint density at radius 3 is 1.44 bits per heavy atom. The molecule has 3 atom stereocenters. The first-order chi connectivity index (χ1) is 35.4. The zero-order valence-electron chi connectivity index (χ0n) is 38.7. The van der Waals surface area contributed by atoms with Crippen LogP contribution in [0.2, 0.25) is 0 Å². The quantitative estimate of drug-likeness (QED) is 0.123. The van der Waals surface area contributed by atoms with Gasteiger partial charge in [-0.1, -0.05) is 188 Å². The lowest BCUT2D eigenvalue weighted by molar-refractivity contribution is 0.669. The van der Waals surface area contributed by atoms with Gasteiger partial charge in [-0.3, -0.25) is 0 Å². The van der Waals surface area contributed by atoms with Crippen LogP contribution in [0.4, 0.5) is 0 Å². The highest BCUT2D eigenvalue weighted by Gasteiger charge is 2.21. The third kappa shape index (κ3) is 7.95. The van der Waals surface area contributed by atoms with Gasteiger partial charge in [-0.15, -0.1) is 26.8 Å². The van der Waals surface area contributed by atoms with Gasteiger partial charge in [-0.2, -0.15) is 0 Å². The number of benzene rings is 11. The maximum Gasteiger partial charge on any atom is 0.164 e. The van der Waals surface area contributed by atoms with Crippen LogP contribution in [-0.4, -0.2) is 15.0 Å². The van der Waals surface area contributed by atoms with Crippen molar-refractivity contribution in [2.45, 2.75) is 0 Å². The highest BCUT2D eigenvalue weighted by Crippen LogP contribution is 2.60. The van der Waals surface area contributed by atoms with Crippen LogP contribution >= 0.6 is 33.8 Å². The van der Waals surface area contributed by atoms with Gasteiger partial charge in [0.15, 0.2) is 17.5 Å². The molecule has 0 aliphatic rings. The first-order valence-electron chi connectivity index (χ1n) is 23.7. The van der Waals surface area contributed by atoms with Crippen LogP contribution in [0.3, 0.4) is 0 Å². The predicted octanol–water partition coefficient (Wildman–Crippen LogP) is 19.0. The number of fused-ring (bicyclic) bond motifs is 12. The highest BCUT2D eigenvalue weighted by molar-refractivity contribution is 8.65. The average molecular weight is 998 g/mol. The fourth-order valence-corrected chi connectivity index (χ4v) is 10.4. The second-order valence-corrected chi connectivity index (χ2v) is 29.5. The van der Waals surface area contributed by atoms with Gasteiger partial charge >= 0.3 is 0 Å². The summed E-state index contributed by atoms with van der Waals surface area (Å²) in [6, 6.07) is 78.6. The minimum atomic E-state index is 0.130. The van der Waals surface area contributed by atoms with Crippen LogP contribution in [0.15, 0.2) is 233 Å². The summed E-state index contributed by atoms with van der Waals surface area (Å²) in [5.74, 6) is 1.77. The van der Waals surface area contributed by atoms with E-state index in [-0.39, 0.29) is 6.99 Å². The van der Waals surface area contributed by atoms with Crippen molar-refractivity contribution in [3.05, 3.63) is 224 Å². The molecule has 5 nitrogen and oxygen atoms in total. The van der Waals surface area contributed by atoms with E-state index < -0.39 is 0 Å². The van der Waals surface area contributed by atoms with Gasteiger partial charge in [-0.05, 0) is 104 Å². The van der Waals surface area contributed by atoms with Crippen molar-refractivity contribution in [2.24, 2.45) is 0 Å². The molecule has 3 heterocycles. The second kappa shape index (κ2) is 18.6. The summed E-state index contributed by atoms with van der Waals surface area (Å²) in [6.45, 7) is 0.130. The molecule has 0 N–H and O–H groups in total. The van der Waals surface area contributed by atoms with E-state index in [4.69, 9.17) is 23.8 Å². The zero-order chi connectivity index (χ0) is 48.3. The SMILES string of the molecule is PP(P)P.c1ccc(-c2cccc(-c3nc(-c4ccccc4)nc(-c4cccc5oc6ccc(-c7cccc8oc9c(-c%10ccc%11c%12ccccc%12c%12ccccc%12c%11c%10)cccc9c78)cc6c45)n3)c2)cc1. The van der Waals surface area contributed by atoms with E-state index in [1.54, 1.807) is 0 Å². The summed E-state index contributed by atoms with van der Waals surface area (Å²) >= 11 is 0. The van der Waals surface area contributed by atoms with Gasteiger partial charge in [0.05, 0.1) is 0 Å². The number of rotatable bonds is 6. The molecule has 0 saturated carbocycles. The Kier molecular flexibility index (Phi) is 11.5. The Bertz CT molecular complexity index is 4360. The molecule has 342 valence electrons. The molecule has 0 bridgehead atoms. The van der Waals surface area contributed by atoms with Crippen LogP contribution in [-0.2, 0) is 0 Å². The van der Waals surface area contributed by atoms with Gasteiger partial charge in [-0.25, -0.2) is 15.0 Å². The van der Waals surface area contributed by atoms with E-state index in [2.05, 4.69) is 203 Å². The van der Waals surface area contributed by atoms with E-state index >= 15 is 0 Å². The van der Waals surface area contributed by atoms with Crippen molar-refractivity contribution < 1.29 is 8.83 Å². The van der Waals surface area contributed by atoms with E-state index in [1.165, 1.54) is 32.3 Å². The lowest BCUT2D eigenvalue weighted by Crippen LogP contribution is -2.00. The summed E-state index contributed by atoms with van der Waals surface area (Å²) < 4.78 is 13.5. The minimum absolute atomic E-state index is 0.130. The molecule has 14 rings (SSSR count). The molecule has 0 radical (unpaired) electrons. The van der Waals surface area contributed by atoms with E-state index in [9.17, 15) is 0 Å². The summed E-state index contributed by atoms with van der Waals surface area (Å²) in [5, 5.41) is 11.6. The first-order valence-corrected chi connectivity index (χ1v) is 29.9. The molecule has 72 heavy (non-hydrogen) atoms. The Morgan fingerprint density at radius 1 is 0.278 bits per heavy atom. The first kappa shape index (κ1) is 44.5. The molecule has 3 aromatic heterocycles. The lowest BCUT2D eigenvalue weighted by atomic mass is 9.91. The molecule has 11 aromatic carbocycles. The average Bonchev–Trinajstić information content (AvgIpc) is 4.02. The lowest BCUT2D eigenvalue weighted by Gasteiger charge is -2.12. The number of hydrogen-bond acceptors (Lipinski definition) is 5. The Balaban J connectivity index is 0.00000122. The fourth-order valence-electron chi connectivity index (χ4n) is 10.4. The van der Waals surface area contributed by atoms with Gasteiger partial charge in [0, 0.05) is 43.8 Å². The van der Waals surface area contributed by atoms with E-state index in [0.717, 1.165) is 93.9 Å².